The van der Waals surface area contributed by atoms with E-state index in [4.69, 9.17) is 10.2 Å². The summed E-state index contributed by atoms with van der Waals surface area (Å²) in [5, 5.41) is 3.57. The van der Waals surface area contributed by atoms with E-state index in [-0.39, 0.29) is 41.6 Å². The monoisotopic (exact) mass is 436 g/mol. The highest BCUT2D eigenvalue weighted by Crippen LogP contribution is 2.21. The van der Waals surface area contributed by atoms with Crippen LogP contribution in [0.4, 0.5) is 0 Å². The number of hydrogen-bond donors (Lipinski definition) is 2. The predicted octanol–water partition coefficient (Wildman–Crippen LogP) is 1.90. The van der Waals surface area contributed by atoms with Gasteiger partial charge in [0.2, 0.25) is 10.0 Å². The van der Waals surface area contributed by atoms with Gasteiger partial charge in [-0.05, 0) is 36.2 Å². The van der Waals surface area contributed by atoms with Gasteiger partial charge in [-0.15, -0.1) is 12.4 Å². The molecule has 0 radical (unpaired) electrons. The summed E-state index contributed by atoms with van der Waals surface area (Å²) in [5.74, 6) is -0.147. The Hall–Kier alpha value is -2.46. The molecule has 1 saturated heterocycles. The van der Waals surface area contributed by atoms with Crippen molar-refractivity contribution < 1.29 is 17.6 Å². The van der Waals surface area contributed by atoms with E-state index in [0.717, 1.165) is 10.9 Å². The largest absolute Gasteiger partial charge is 0.449 e. The lowest BCUT2D eigenvalue weighted by Crippen LogP contribution is -2.32. The molecule has 8 nitrogen and oxygen atoms in total. The fraction of sp³-hybridized carbons (Fsp3) is 0.263. The van der Waals surface area contributed by atoms with Crippen LogP contribution in [0, 0.1) is 0 Å². The van der Waals surface area contributed by atoms with Crippen molar-refractivity contribution in [3.63, 3.8) is 0 Å². The highest BCUT2D eigenvalue weighted by atomic mass is 35.5. The van der Waals surface area contributed by atoms with Crippen molar-refractivity contribution in [2.24, 2.45) is 5.73 Å². The van der Waals surface area contributed by atoms with Gasteiger partial charge in [-0.25, -0.2) is 8.42 Å². The predicted molar refractivity (Wildman–Crippen MR) is 110 cm³/mol. The van der Waals surface area contributed by atoms with Gasteiger partial charge in [0, 0.05) is 37.3 Å². The molecule has 3 heterocycles. The number of pyridine rings is 1. The minimum atomic E-state index is -3.53. The number of nitrogens with zero attached hydrogens (tertiary/aromatic N) is 2. The molecule has 4 rings (SSSR count). The topological polar surface area (TPSA) is 119 Å². The first-order valence-electron chi connectivity index (χ1n) is 8.90. The number of fused-ring (bicyclic) bond motifs is 1. The Morgan fingerprint density at radius 2 is 2.03 bits per heavy atom. The molecule has 2 aromatic heterocycles. The average Bonchev–Trinajstić information content (AvgIpc) is 3.33. The first kappa shape index (κ1) is 21.3. The van der Waals surface area contributed by atoms with Gasteiger partial charge in [0.05, 0.1) is 11.1 Å². The first-order chi connectivity index (χ1) is 13.4. The van der Waals surface area contributed by atoms with Crippen molar-refractivity contribution in [2.75, 3.05) is 13.1 Å². The third-order valence-electron chi connectivity index (χ3n) is 4.75. The Morgan fingerprint density at radius 3 is 2.69 bits per heavy atom. The maximum atomic E-state index is 12.6. The highest BCUT2D eigenvalue weighted by Gasteiger charge is 2.30. The number of aromatic nitrogens is 1. The van der Waals surface area contributed by atoms with Crippen molar-refractivity contribution >= 4 is 39.3 Å². The molecule has 0 spiro atoms. The molecule has 0 bridgehead atoms. The first-order valence-corrected chi connectivity index (χ1v) is 10.3. The lowest BCUT2D eigenvalue weighted by Gasteiger charge is -2.16. The number of amides is 1. The number of halogens is 1. The fourth-order valence-electron chi connectivity index (χ4n) is 3.17. The molecular formula is C19H21ClN4O4S. The molecule has 1 aliphatic heterocycles. The van der Waals surface area contributed by atoms with Gasteiger partial charge in [-0.3, -0.25) is 9.78 Å². The van der Waals surface area contributed by atoms with Gasteiger partial charge in [-0.1, -0.05) is 12.1 Å². The third-order valence-corrected chi connectivity index (χ3v) is 6.63. The van der Waals surface area contributed by atoms with E-state index in [0.29, 0.717) is 25.1 Å². The normalized spacial score (nSPS) is 17.2. The van der Waals surface area contributed by atoms with E-state index < -0.39 is 10.0 Å². The van der Waals surface area contributed by atoms with E-state index in [1.807, 2.05) is 0 Å². The number of benzene rings is 1. The summed E-state index contributed by atoms with van der Waals surface area (Å²) in [6.45, 7) is 1.03. The molecule has 10 heteroatoms. The Labute approximate surface area is 174 Å². The molecule has 29 heavy (non-hydrogen) atoms. The van der Waals surface area contributed by atoms with Gasteiger partial charge in [0.25, 0.3) is 5.91 Å². The molecular weight excluding hydrogens is 416 g/mol. The Balaban J connectivity index is 0.00000240. The molecule has 1 amide bonds. The molecule has 154 valence electrons. The maximum Gasteiger partial charge on any atom is 0.287 e. The van der Waals surface area contributed by atoms with Crippen LogP contribution in [0.2, 0.25) is 0 Å². The van der Waals surface area contributed by atoms with E-state index in [2.05, 4.69) is 10.3 Å². The number of furan rings is 1. The smallest absolute Gasteiger partial charge is 0.287 e. The number of nitrogens with two attached hydrogens (primary N) is 1. The third kappa shape index (κ3) is 4.43. The zero-order valence-electron chi connectivity index (χ0n) is 15.4. The fourth-order valence-corrected chi connectivity index (χ4v) is 4.68. The molecule has 1 aliphatic rings. The zero-order chi connectivity index (χ0) is 19.7. The number of sulfonamides is 1. The highest BCUT2D eigenvalue weighted by molar-refractivity contribution is 7.89. The standard InChI is InChI=1S/C19H20N4O4S.ClH/c20-15-6-8-23(12-15)28(25,26)16-3-1-13(2-4-16)10-22-19(24)17-9-14-5-7-21-11-18(14)27-17;/h1-5,7,9,11,15H,6,8,10,12,20H2,(H,22,24);1H. The lowest BCUT2D eigenvalue weighted by atomic mass is 10.2. The summed E-state index contributed by atoms with van der Waals surface area (Å²) >= 11 is 0. The van der Waals surface area contributed by atoms with Crippen molar-refractivity contribution in [2.45, 2.75) is 23.9 Å². The number of nitrogens with one attached hydrogen (secondary N) is 1. The molecule has 1 fully saturated rings. The van der Waals surface area contributed by atoms with E-state index in [9.17, 15) is 13.2 Å². The summed E-state index contributed by atoms with van der Waals surface area (Å²) in [5.41, 5.74) is 7.13. The molecule has 1 aromatic carbocycles. The number of carbonyl (C=O) groups is 1. The quantitative estimate of drug-likeness (QED) is 0.630. The summed E-state index contributed by atoms with van der Waals surface area (Å²) in [4.78, 5) is 16.5. The number of hydrogen-bond acceptors (Lipinski definition) is 6. The molecule has 1 atom stereocenters. The van der Waals surface area contributed by atoms with Gasteiger partial charge in [-0.2, -0.15) is 4.31 Å². The van der Waals surface area contributed by atoms with E-state index in [1.165, 1.54) is 4.31 Å². The van der Waals surface area contributed by atoms with Crippen LogP contribution in [0.25, 0.3) is 11.0 Å². The summed E-state index contributed by atoms with van der Waals surface area (Å²) in [7, 11) is -3.53. The molecule has 3 aromatic rings. The number of rotatable bonds is 5. The van der Waals surface area contributed by atoms with Gasteiger partial charge < -0.3 is 15.5 Å². The second-order valence-electron chi connectivity index (χ2n) is 6.76. The van der Waals surface area contributed by atoms with Gasteiger partial charge >= 0.3 is 0 Å². The van der Waals surface area contributed by atoms with Crippen molar-refractivity contribution in [1.82, 2.24) is 14.6 Å². The van der Waals surface area contributed by atoms with Crippen LogP contribution < -0.4 is 11.1 Å². The second-order valence-corrected chi connectivity index (χ2v) is 8.70. The van der Waals surface area contributed by atoms with Crippen LogP contribution in [-0.4, -0.2) is 42.7 Å². The number of carbonyl (C=O) groups excluding carboxylic acids is 1. The van der Waals surface area contributed by atoms with Crippen LogP contribution >= 0.6 is 12.4 Å². The molecule has 0 aliphatic carbocycles. The average molecular weight is 437 g/mol. The Morgan fingerprint density at radius 1 is 1.28 bits per heavy atom. The maximum absolute atomic E-state index is 12.6. The molecule has 0 saturated carbocycles. The molecule has 3 N–H and O–H groups in total. The summed E-state index contributed by atoms with van der Waals surface area (Å²) in [6.07, 6.45) is 3.85. The Kier molecular flexibility index (Phi) is 6.23. The van der Waals surface area contributed by atoms with Crippen LogP contribution in [0.15, 0.2) is 58.1 Å². The lowest BCUT2D eigenvalue weighted by molar-refractivity contribution is 0.0925. The summed E-state index contributed by atoms with van der Waals surface area (Å²) < 4.78 is 32.1. The van der Waals surface area contributed by atoms with Crippen LogP contribution in [0.3, 0.4) is 0 Å². The van der Waals surface area contributed by atoms with Crippen molar-refractivity contribution in [3.8, 4) is 0 Å². The van der Waals surface area contributed by atoms with E-state index >= 15 is 0 Å². The van der Waals surface area contributed by atoms with Gasteiger partial charge in [0.1, 0.15) is 0 Å². The zero-order valence-corrected chi connectivity index (χ0v) is 17.1. The Bertz CT molecular complexity index is 1080. The van der Waals surface area contributed by atoms with Gasteiger partial charge in [0.15, 0.2) is 11.3 Å². The van der Waals surface area contributed by atoms with Crippen LogP contribution in [0.1, 0.15) is 22.5 Å². The van der Waals surface area contributed by atoms with Crippen LogP contribution in [-0.2, 0) is 16.6 Å². The second kappa shape index (κ2) is 8.50. The molecule has 1 unspecified atom stereocenters. The SMILES string of the molecule is Cl.NC1CCN(S(=O)(=O)c2ccc(CNC(=O)c3cc4ccncc4o3)cc2)C1. The van der Waals surface area contributed by atoms with Crippen molar-refractivity contribution in [3.05, 3.63) is 60.1 Å². The van der Waals surface area contributed by atoms with E-state index in [1.54, 1.807) is 48.8 Å². The van der Waals surface area contributed by atoms with Crippen LogP contribution in [0.5, 0.6) is 0 Å². The summed E-state index contributed by atoms with van der Waals surface area (Å²) in [6, 6.07) is 9.78. The van der Waals surface area contributed by atoms with Crippen molar-refractivity contribution in [1.29, 1.82) is 0 Å². The minimum Gasteiger partial charge on any atom is -0.449 e. The minimum absolute atomic E-state index is 0.